The number of alkyl halides is 3. The van der Waals surface area contributed by atoms with Crippen LogP contribution in [0.15, 0.2) is 47.4 Å². The number of hydrogen-bond acceptors (Lipinski definition) is 4. The summed E-state index contributed by atoms with van der Waals surface area (Å²) in [5.74, 6) is -1.05. The van der Waals surface area contributed by atoms with E-state index in [1.807, 2.05) is 13.8 Å². The topological polar surface area (TPSA) is 84.3 Å². The van der Waals surface area contributed by atoms with Gasteiger partial charge in [0.05, 0.1) is 10.6 Å². The van der Waals surface area contributed by atoms with Crippen molar-refractivity contribution in [1.29, 1.82) is 0 Å². The predicted molar refractivity (Wildman–Crippen MR) is 124 cm³/mol. The normalized spacial score (nSPS) is 15.1. The van der Waals surface area contributed by atoms with Crippen molar-refractivity contribution in [2.45, 2.75) is 33.1 Å². The van der Waals surface area contributed by atoms with Gasteiger partial charge in [0.2, 0.25) is 5.91 Å². The van der Waals surface area contributed by atoms with Gasteiger partial charge in [0.25, 0.3) is 11.5 Å². The van der Waals surface area contributed by atoms with Crippen LogP contribution in [-0.2, 0) is 24.1 Å². The Balaban J connectivity index is 1.60. The zero-order valence-electron chi connectivity index (χ0n) is 18.9. The number of likely N-dealkylation sites (tertiary alicyclic amines) is 1. The lowest BCUT2D eigenvalue weighted by atomic mass is 9.84. The monoisotopic (exact) mass is 506 g/mol. The third-order valence-electron chi connectivity index (χ3n) is 5.77. The van der Waals surface area contributed by atoms with E-state index in [1.165, 1.54) is 18.3 Å². The van der Waals surface area contributed by atoms with Crippen LogP contribution in [-0.4, -0.2) is 39.4 Å². The van der Waals surface area contributed by atoms with E-state index in [-0.39, 0.29) is 41.2 Å². The minimum atomic E-state index is -4.64. The molecule has 2 amide bonds. The van der Waals surface area contributed by atoms with Crippen LogP contribution in [0.4, 0.5) is 13.2 Å². The van der Waals surface area contributed by atoms with E-state index >= 15 is 0 Å². The third kappa shape index (κ3) is 5.17. The molecule has 3 heterocycles. The van der Waals surface area contributed by atoms with Gasteiger partial charge in [0.15, 0.2) is 0 Å². The maximum atomic E-state index is 13.2. The van der Waals surface area contributed by atoms with Crippen LogP contribution >= 0.6 is 11.6 Å². The molecule has 184 valence electrons. The average Bonchev–Trinajstić information content (AvgIpc) is 2.77. The highest BCUT2D eigenvalue weighted by Crippen LogP contribution is 2.35. The van der Waals surface area contributed by atoms with Crippen LogP contribution in [0.25, 0.3) is 11.0 Å². The lowest BCUT2D eigenvalue weighted by molar-refractivity contribution is -0.142. The molecule has 1 N–H and O–H groups in total. The summed E-state index contributed by atoms with van der Waals surface area (Å²) in [6.07, 6.45) is -3.16. The number of benzene rings is 1. The van der Waals surface area contributed by atoms with Crippen molar-refractivity contribution >= 4 is 34.4 Å². The molecule has 11 heteroatoms. The van der Waals surface area contributed by atoms with Gasteiger partial charge < -0.3 is 10.2 Å². The van der Waals surface area contributed by atoms with Crippen LogP contribution in [0.3, 0.4) is 0 Å². The van der Waals surface area contributed by atoms with Gasteiger partial charge in [-0.2, -0.15) is 13.2 Å². The van der Waals surface area contributed by atoms with Crippen molar-refractivity contribution < 1.29 is 22.8 Å². The van der Waals surface area contributed by atoms with Crippen LogP contribution in [0, 0.1) is 5.41 Å². The van der Waals surface area contributed by atoms with Gasteiger partial charge >= 0.3 is 6.18 Å². The Hall–Kier alpha value is -3.40. The number of amides is 2. The van der Waals surface area contributed by atoms with Crippen LogP contribution in [0.5, 0.6) is 0 Å². The molecule has 1 aromatic carbocycles. The smallest absolute Gasteiger partial charge is 0.348 e. The molecule has 0 radical (unpaired) electrons. The second kappa shape index (κ2) is 8.99. The fraction of sp³-hybridized carbons (Fsp3) is 0.333. The van der Waals surface area contributed by atoms with Crippen LogP contribution < -0.4 is 10.9 Å². The first-order chi connectivity index (χ1) is 16.4. The molecule has 0 atom stereocenters. The number of aromatic nitrogens is 2. The Morgan fingerprint density at radius 3 is 2.54 bits per heavy atom. The van der Waals surface area contributed by atoms with Crippen molar-refractivity contribution in [1.82, 2.24) is 19.8 Å². The fourth-order valence-electron chi connectivity index (χ4n) is 4.09. The number of hydrogen-bond donors (Lipinski definition) is 1. The van der Waals surface area contributed by atoms with Crippen molar-refractivity contribution in [3.05, 3.63) is 74.7 Å². The molecule has 0 saturated carbocycles. The molecule has 0 aliphatic carbocycles. The maximum Gasteiger partial charge on any atom is 0.417 e. The molecule has 1 aliphatic heterocycles. The molecule has 2 aromatic heterocycles. The van der Waals surface area contributed by atoms with Crippen molar-refractivity contribution in [3.63, 3.8) is 0 Å². The Bertz CT molecular complexity index is 1380. The predicted octanol–water partition coefficient (Wildman–Crippen LogP) is 3.87. The van der Waals surface area contributed by atoms with Gasteiger partial charge in [0, 0.05) is 31.2 Å². The minimum absolute atomic E-state index is 0.0102. The lowest BCUT2D eigenvalue weighted by Crippen LogP contribution is -2.56. The zero-order valence-corrected chi connectivity index (χ0v) is 19.7. The number of nitrogens with one attached hydrogen (secondary N) is 1. The third-order valence-corrected chi connectivity index (χ3v) is 6.10. The van der Waals surface area contributed by atoms with E-state index in [1.54, 1.807) is 17.0 Å². The maximum absolute atomic E-state index is 13.2. The number of nitrogens with zero attached hydrogens (tertiary/aromatic N) is 3. The molecule has 0 spiro atoms. The van der Waals surface area contributed by atoms with E-state index < -0.39 is 28.2 Å². The van der Waals surface area contributed by atoms with E-state index in [4.69, 9.17) is 11.6 Å². The van der Waals surface area contributed by atoms with Crippen LogP contribution in [0.2, 0.25) is 5.02 Å². The Kier molecular flexibility index (Phi) is 6.35. The van der Waals surface area contributed by atoms with Gasteiger partial charge in [-0.1, -0.05) is 31.5 Å². The summed E-state index contributed by atoms with van der Waals surface area (Å²) in [6.45, 7) is 4.65. The Labute approximate surface area is 203 Å². The molecule has 0 bridgehead atoms. The number of carbonyl (C=O) groups excluding carboxylic acids is 2. The van der Waals surface area contributed by atoms with Crippen molar-refractivity contribution in [3.8, 4) is 0 Å². The molecule has 1 saturated heterocycles. The number of rotatable bonds is 5. The lowest BCUT2D eigenvalue weighted by Gasteiger charge is -2.45. The van der Waals surface area contributed by atoms with E-state index in [9.17, 15) is 27.6 Å². The first kappa shape index (κ1) is 24.7. The van der Waals surface area contributed by atoms with Crippen molar-refractivity contribution in [2.24, 2.45) is 5.41 Å². The molecule has 1 aliphatic rings. The fourth-order valence-corrected chi connectivity index (χ4v) is 4.32. The highest BCUT2D eigenvalue weighted by Gasteiger charge is 2.37. The Morgan fingerprint density at radius 2 is 1.89 bits per heavy atom. The number of pyridine rings is 2. The second-order valence-corrected chi connectivity index (χ2v) is 9.68. The highest BCUT2D eigenvalue weighted by atomic mass is 35.5. The van der Waals surface area contributed by atoms with Gasteiger partial charge in [-0.15, -0.1) is 0 Å². The Morgan fingerprint density at radius 1 is 1.17 bits per heavy atom. The number of carbonyl (C=O) groups is 2. The molecule has 3 aromatic rings. The zero-order chi connectivity index (χ0) is 25.5. The van der Waals surface area contributed by atoms with E-state index in [2.05, 4.69) is 10.3 Å². The quantitative estimate of drug-likeness (QED) is 0.569. The first-order valence-corrected chi connectivity index (χ1v) is 11.1. The molecule has 7 nitrogen and oxygen atoms in total. The van der Waals surface area contributed by atoms with Gasteiger partial charge in [0.1, 0.15) is 17.8 Å². The summed E-state index contributed by atoms with van der Waals surface area (Å²) >= 11 is 5.64. The first-order valence-electron chi connectivity index (χ1n) is 10.8. The molecule has 35 heavy (non-hydrogen) atoms. The molecule has 4 rings (SSSR count). The summed E-state index contributed by atoms with van der Waals surface area (Å²) in [7, 11) is 0. The van der Waals surface area contributed by atoms with Gasteiger partial charge in [-0.05, 0) is 41.3 Å². The average molecular weight is 507 g/mol. The molecular formula is C24H22ClF3N4O3. The summed E-state index contributed by atoms with van der Waals surface area (Å²) in [5.41, 5.74) is -1.54. The molecular weight excluding hydrogens is 485 g/mol. The largest absolute Gasteiger partial charge is 0.417 e. The minimum Gasteiger partial charge on any atom is -0.348 e. The second-order valence-electron chi connectivity index (χ2n) is 9.27. The SMILES string of the molecule is CC1(C)CN(C(=O)Cn2c(=O)c(C(=O)NCc3ccc(Cl)c(C(F)(F)F)c3)cc3cccnc32)C1. The van der Waals surface area contributed by atoms with Crippen LogP contribution in [0.1, 0.15) is 35.3 Å². The summed E-state index contributed by atoms with van der Waals surface area (Å²) in [6, 6.07) is 7.94. The van der Waals surface area contributed by atoms with Gasteiger partial charge in [-0.3, -0.25) is 19.0 Å². The molecule has 0 unspecified atom stereocenters. The number of fused-ring (bicyclic) bond motifs is 1. The summed E-state index contributed by atoms with van der Waals surface area (Å²) in [5, 5.41) is 2.50. The standard InChI is InChI=1S/C24H22ClF3N4O3/c1-23(2)12-31(13-23)19(33)11-32-20-15(4-3-7-29-20)9-16(22(32)35)21(34)30-10-14-5-6-18(25)17(8-14)24(26,27)28/h3-9H,10-13H2,1-2H3,(H,30,34). The highest BCUT2D eigenvalue weighted by molar-refractivity contribution is 6.31. The van der Waals surface area contributed by atoms with E-state index in [0.717, 1.165) is 16.7 Å². The molecule has 1 fully saturated rings. The van der Waals surface area contributed by atoms with Gasteiger partial charge in [-0.25, -0.2) is 4.98 Å². The summed E-state index contributed by atoms with van der Waals surface area (Å²) < 4.78 is 40.5. The van der Waals surface area contributed by atoms with Crippen molar-refractivity contribution in [2.75, 3.05) is 13.1 Å². The summed E-state index contributed by atoms with van der Waals surface area (Å²) in [4.78, 5) is 44.6. The van der Waals surface area contributed by atoms with E-state index in [0.29, 0.717) is 18.5 Å². The number of halogens is 4.